The van der Waals surface area contributed by atoms with Crippen molar-refractivity contribution in [3.63, 3.8) is 0 Å². The average molecular weight is 488 g/mol. The molecule has 4 rings (SSSR count). The van der Waals surface area contributed by atoms with E-state index in [-0.39, 0.29) is 25.6 Å². The molecule has 2 aromatic rings. The Bertz CT molecular complexity index is 1070. The van der Waals surface area contributed by atoms with Gasteiger partial charge in [0.25, 0.3) is 0 Å². The predicted octanol–water partition coefficient (Wildman–Crippen LogP) is 3.25. The molecule has 8 nitrogen and oxygen atoms in total. The molecule has 1 aliphatic heterocycles. The zero-order chi connectivity index (χ0) is 25.2. The molecule has 1 aliphatic carbocycles. The van der Waals surface area contributed by atoms with Crippen LogP contribution >= 0.6 is 0 Å². The maximum Gasteiger partial charge on any atom is 0.407 e. The van der Waals surface area contributed by atoms with Crippen molar-refractivity contribution in [2.75, 3.05) is 26.3 Å². The third-order valence-corrected chi connectivity index (χ3v) is 6.25. The second-order valence-electron chi connectivity index (χ2n) is 8.98. The number of likely N-dealkylation sites (tertiary alicyclic amines) is 1. The van der Waals surface area contributed by atoms with Gasteiger partial charge in [-0.25, -0.2) is 18.4 Å². The standard InChI is InChI=1S/C25H26F2N2O6/c1-25(35-12-22(30)31)13-29(14-25)23(32)20(10-21(26)27)28-24(33)34-11-19-17-8-4-2-6-15(17)16-7-3-5-9-18(16)19/h2-9,19-21H,10-14H2,1H3,(H,28,33)(H,30,31). The molecule has 35 heavy (non-hydrogen) atoms. The normalized spacial score (nSPS) is 16.7. The number of fused-ring (bicyclic) bond motifs is 3. The van der Waals surface area contributed by atoms with Crippen molar-refractivity contribution in [1.82, 2.24) is 10.2 Å². The monoisotopic (exact) mass is 488 g/mol. The van der Waals surface area contributed by atoms with Crippen LogP contribution in [-0.2, 0) is 19.1 Å². The first kappa shape index (κ1) is 24.6. The fourth-order valence-corrected chi connectivity index (χ4v) is 4.65. The van der Waals surface area contributed by atoms with Crippen molar-refractivity contribution in [2.45, 2.75) is 37.3 Å². The molecule has 2 N–H and O–H groups in total. The second kappa shape index (κ2) is 9.99. The number of carbonyl (C=O) groups is 3. The highest BCUT2D eigenvalue weighted by Gasteiger charge is 2.45. The molecule has 2 aromatic carbocycles. The number of hydrogen-bond acceptors (Lipinski definition) is 5. The smallest absolute Gasteiger partial charge is 0.407 e. The van der Waals surface area contributed by atoms with Crippen molar-refractivity contribution in [2.24, 2.45) is 0 Å². The van der Waals surface area contributed by atoms with E-state index < -0.39 is 49.1 Å². The molecule has 186 valence electrons. The number of rotatable bonds is 9. The number of amides is 2. The van der Waals surface area contributed by atoms with Gasteiger partial charge < -0.3 is 24.8 Å². The maximum atomic E-state index is 13.2. The van der Waals surface area contributed by atoms with E-state index in [2.05, 4.69) is 5.32 Å². The molecule has 0 bridgehead atoms. The van der Waals surface area contributed by atoms with Gasteiger partial charge in [0.1, 0.15) is 24.9 Å². The molecule has 2 amide bonds. The van der Waals surface area contributed by atoms with E-state index in [1.807, 2.05) is 48.5 Å². The molecule has 1 atom stereocenters. The summed E-state index contributed by atoms with van der Waals surface area (Å²) in [6.45, 7) is 1.15. The van der Waals surface area contributed by atoms with Crippen LogP contribution in [0.1, 0.15) is 30.4 Å². The van der Waals surface area contributed by atoms with Gasteiger partial charge in [-0.1, -0.05) is 48.5 Å². The Kier molecular flexibility index (Phi) is 7.02. The summed E-state index contributed by atoms with van der Waals surface area (Å²) in [6.07, 6.45) is -4.66. The predicted molar refractivity (Wildman–Crippen MR) is 121 cm³/mol. The molecule has 2 aliphatic rings. The summed E-state index contributed by atoms with van der Waals surface area (Å²) >= 11 is 0. The Morgan fingerprint density at radius 1 is 1.09 bits per heavy atom. The van der Waals surface area contributed by atoms with E-state index in [0.717, 1.165) is 22.3 Å². The van der Waals surface area contributed by atoms with E-state index in [9.17, 15) is 23.2 Å². The van der Waals surface area contributed by atoms with E-state index in [0.29, 0.717) is 0 Å². The first-order valence-electron chi connectivity index (χ1n) is 11.2. The number of nitrogens with one attached hydrogen (secondary N) is 1. The number of ether oxygens (including phenoxy) is 2. The van der Waals surface area contributed by atoms with E-state index in [1.54, 1.807) is 6.92 Å². The number of carbonyl (C=O) groups excluding carboxylic acids is 2. The topological polar surface area (TPSA) is 105 Å². The summed E-state index contributed by atoms with van der Waals surface area (Å²) in [7, 11) is 0. The number of alkyl halides is 2. The number of carboxylic acid groups (broad SMARTS) is 1. The SMILES string of the molecule is CC1(OCC(=O)O)CN(C(=O)C(CC(F)F)NC(=O)OCC2c3ccccc3-c3ccccc32)C1. The van der Waals surface area contributed by atoms with Crippen molar-refractivity contribution < 1.29 is 37.7 Å². The van der Waals surface area contributed by atoms with Gasteiger partial charge >= 0.3 is 12.1 Å². The number of benzene rings is 2. The van der Waals surface area contributed by atoms with Crippen LogP contribution < -0.4 is 5.32 Å². The number of alkyl carbamates (subject to hydrolysis) is 1. The first-order chi connectivity index (χ1) is 16.7. The maximum absolute atomic E-state index is 13.2. The number of hydrogen-bond donors (Lipinski definition) is 2. The Morgan fingerprint density at radius 2 is 1.66 bits per heavy atom. The lowest BCUT2D eigenvalue weighted by molar-refractivity contribution is -0.174. The highest BCUT2D eigenvalue weighted by atomic mass is 19.3. The summed E-state index contributed by atoms with van der Waals surface area (Å²) in [5, 5.41) is 11.0. The molecular formula is C25H26F2N2O6. The van der Waals surface area contributed by atoms with Crippen molar-refractivity contribution in [1.29, 1.82) is 0 Å². The number of halogens is 2. The number of nitrogens with zero attached hydrogens (tertiary/aromatic N) is 1. The molecular weight excluding hydrogens is 462 g/mol. The summed E-state index contributed by atoms with van der Waals surface area (Å²) in [5.41, 5.74) is 3.22. The minimum absolute atomic E-state index is 0.0136. The Balaban J connectivity index is 1.37. The molecule has 0 spiro atoms. The van der Waals surface area contributed by atoms with Gasteiger partial charge in [0, 0.05) is 12.3 Å². The zero-order valence-electron chi connectivity index (χ0n) is 19.1. The van der Waals surface area contributed by atoms with Gasteiger partial charge in [0.15, 0.2) is 0 Å². The van der Waals surface area contributed by atoms with Crippen LogP contribution in [0.15, 0.2) is 48.5 Å². The van der Waals surface area contributed by atoms with Crippen LogP contribution in [0, 0.1) is 0 Å². The average Bonchev–Trinajstić information content (AvgIpc) is 3.12. The van der Waals surface area contributed by atoms with E-state index in [1.165, 1.54) is 4.90 Å². The van der Waals surface area contributed by atoms with Crippen LogP contribution in [0.2, 0.25) is 0 Å². The van der Waals surface area contributed by atoms with Crippen molar-refractivity contribution >= 4 is 18.0 Å². The quantitative estimate of drug-likeness (QED) is 0.562. The van der Waals surface area contributed by atoms with Crippen LogP contribution in [0.25, 0.3) is 11.1 Å². The molecule has 1 heterocycles. The molecule has 10 heteroatoms. The fourth-order valence-electron chi connectivity index (χ4n) is 4.65. The molecule has 1 saturated heterocycles. The summed E-state index contributed by atoms with van der Waals surface area (Å²) in [5.74, 6) is -2.06. The minimum Gasteiger partial charge on any atom is -0.480 e. The second-order valence-corrected chi connectivity index (χ2v) is 8.98. The molecule has 1 fully saturated rings. The highest BCUT2D eigenvalue weighted by molar-refractivity contribution is 5.86. The van der Waals surface area contributed by atoms with Gasteiger partial charge in [0.05, 0.1) is 13.1 Å². The van der Waals surface area contributed by atoms with Crippen molar-refractivity contribution in [3.05, 3.63) is 59.7 Å². The largest absolute Gasteiger partial charge is 0.480 e. The lowest BCUT2D eigenvalue weighted by Gasteiger charge is -2.48. The lowest BCUT2D eigenvalue weighted by Crippen LogP contribution is -2.66. The third-order valence-electron chi connectivity index (χ3n) is 6.25. The van der Waals surface area contributed by atoms with Crippen LogP contribution in [0.3, 0.4) is 0 Å². The summed E-state index contributed by atoms with van der Waals surface area (Å²) in [4.78, 5) is 37.2. The van der Waals surface area contributed by atoms with E-state index >= 15 is 0 Å². The van der Waals surface area contributed by atoms with Gasteiger partial charge in [-0.3, -0.25) is 4.79 Å². The number of carboxylic acids is 1. The Morgan fingerprint density at radius 3 is 2.20 bits per heavy atom. The molecule has 0 aromatic heterocycles. The summed E-state index contributed by atoms with van der Waals surface area (Å²) < 4.78 is 36.9. The first-order valence-corrected chi connectivity index (χ1v) is 11.2. The molecule has 1 unspecified atom stereocenters. The van der Waals surface area contributed by atoms with Gasteiger partial charge in [-0.15, -0.1) is 0 Å². The van der Waals surface area contributed by atoms with Gasteiger partial charge in [-0.2, -0.15) is 0 Å². The highest BCUT2D eigenvalue weighted by Crippen LogP contribution is 2.44. The van der Waals surface area contributed by atoms with Crippen molar-refractivity contribution in [3.8, 4) is 11.1 Å². The Hall–Kier alpha value is -3.53. The zero-order valence-corrected chi connectivity index (χ0v) is 19.1. The minimum atomic E-state index is -2.83. The molecule has 0 saturated carbocycles. The van der Waals surface area contributed by atoms with Crippen LogP contribution in [0.5, 0.6) is 0 Å². The molecule has 0 radical (unpaired) electrons. The number of aliphatic carboxylic acids is 1. The third kappa shape index (κ3) is 5.43. The van der Waals surface area contributed by atoms with Crippen LogP contribution in [-0.4, -0.2) is 72.3 Å². The van der Waals surface area contributed by atoms with Gasteiger partial charge in [-0.05, 0) is 29.2 Å². The van der Waals surface area contributed by atoms with Gasteiger partial charge in [0.2, 0.25) is 12.3 Å². The van der Waals surface area contributed by atoms with E-state index in [4.69, 9.17) is 14.6 Å². The summed E-state index contributed by atoms with van der Waals surface area (Å²) in [6, 6.07) is 14.1. The fraction of sp³-hybridized carbons (Fsp3) is 0.400. The Labute approximate surface area is 200 Å². The van der Waals surface area contributed by atoms with Crippen LogP contribution in [0.4, 0.5) is 13.6 Å². The lowest BCUT2D eigenvalue weighted by atomic mass is 9.95.